The number of sulfonamides is 1. The van der Waals surface area contributed by atoms with E-state index in [9.17, 15) is 22.9 Å². The zero-order valence-electron chi connectivity index (χ0n) is 10.5. The number of nitro benzene ring substituents is 1. The molecule has 0 aliphatic heterocycles. The van der Waals surface area contributed by atoms with Gasteiger partial charge >= 0.3 is 0 Å². The molecule has 0 atom stereocenters. The van der Waals surface area contributed by atoms with Crippen molar-refractivity contribution in [3.63, 3.8) is 0 Å². The van der Waals surface area contributed by atoms with Gasteiger partial charge in [-0.3, -0.25) is 10.1 Å². The van der Waals surface area contributed by atoms with Crippen LogP contribution in [-0.2, 0) is 10.0 Å². The molecule has 0 aliphatic rings. The maximum atomic E-state index is 13.8. The van der Waals surface area contributed by atoms with Crippen molar-refractivity contribution in [3.05, 3.63) is 44.7 Å². The normalized spacial score (nSPS) is 11.9. The van der Waals surface area contributed by atoms with Crippen molar-refractivity contribution in [1.82, 2.24) is 4.72 Å². The monoisotopic (exact) mass is 366 g/mol. The number of allylic oxidation sites excluding steroid dienone is 1. The summed E-state index contributed by atoms with van der Waals surface area (Å²) in [6, 6.07) is 1.60. The van der Waals surface area contributed by atoms with Gasteiger partial charge in [-0.1, -0.05) is 12.2 Å². The third kappa shape index (κ3) is 4.09. The van der Waals surface area contributed by atoms with Crippen LogP contribution in [0.3, 0.4) is 0 Å². The molecule has 20 heavy (non-hydrogen) atoms. The van der Waals surface area contributed by atoms with Gasteiger partial charge in [-0.15, -0.1) is 0 Å². The van der Waals surface area contributed by atoms with Gasteiger partial charge in [0.05, 0.1) is 9.40 Å². The van der Waals surface area contributed by atoms with Gasteiger partial charge in [-0.2, -0.15) is 0 Å². The maximum Gasteiger partial charge on any atom is 0.272 e. The molecular weight excluding hydrogens is 355 g/mol. The van der Waals surface area contributed by atoms with E-state index in [1.165, 1.54) is 0 Å². The first-order valence-corrected chi connectivity index (χ1v) is 7.81. The highest BCUT2D eigenvalue weighted by molar-refractivity contribution is 9.10. The topological polar surface area (TPSA) is 89.3 Å². The molecule has 0 saturated carbocycles. The minimum atomic E-state index is -4.14. The first-order chi connectivity index (χ1) is 9.29. The van der Waals surface area contributed by atoms with E-state index in [1.807, 2.05) is 0 Å². The van der Waals surface area contributed by atoms with E-state index in [2.05, 4.69) is 20.7 Å². The number of hydrogen-bond donors (Lipinski definition) is 1. The van der Waals surface area contributed by atoms with Crippen molar-refractivity contribution in [2.45, 2.75) is 18.2 Å². The maximum absolute atomic E-state index is 13.8. The molecule has 110 valence electrons. The Kier molecular flexibility index (Phi) is 5.78. The van der Waals surface area contributed by atoms with E-state index in [1.54, 1.807) is 19.1 Å². The zero-order chi connectivity index (χ0) is 15.3. The lowest BCUT2D eigenvalue weighted by molar-refractivity contribution is -0.385. The number of hydrogen-bond acceptors (Lipinski definition) is 4. The summed E-state index contributed by atoms with van der Waals surface area (Å²) in [6.45, 7) is 1.86. The van der Waals surface area contributed by atoms with Crippen LogP contribution in [-0.4, -0.2) is 19.9 Å². The van der Waals surface area contributed by atoms with E-state index in [4.69, 9.17) is 0 Å². The molecule has 1 rings (SSSR count). The summed E-state index contributed by atoms with van der Waals surface area (Å²) in [5, 5.41) is 10.7. The molecule has 9 heteroatoms. The number of halogens is 2. The Morgan fingerprint density at radius 2 is 2.15 bits per heavy atom. The molecule has 0 bridgehead atoms. The fraction of sp³-hybridized carbons (Fsp3) is 0.273. The molecule has 0 amide bonds. The summed E-state index contributed by atoms with van der Waals surface area (Å²) in [5.74, 6) is -1.06. The van der Waals surface area contributed by atoms with Crippen molar-refractivity contribution in [1.29, 1.82) is 0 Å². The van der Waals surface area contributed by atoms with Crippen LogP contribution in [0.15, 0.2) is 33.7 Å². The molecule has 1 aromatic rings. The van der Waals surface area contributed by atoms with Crippen LogP contribution in [0.2, 0.25) is 0 Å². The van der Waals surface area contributed by atoms with Crippen LogP contribution < -0.4 is 4.72 Å². The van der Waals surface area contributed by atoms with E-state index in [0.29, 0.717) is 12.5 Å². The first kappa shape index (κ1) is 16.7. The molecule has 0 fully saturated rings. The quantitative estimate of drug-likeness (QED) is 0.362. The third-order valence-electron chi connectivity index (χ3n) is 2.32. The number of benzene rings is 1. The van der Waals surface area contributed by atoms with Crippen LogP contribution in [0.4, 0.5) is 10.1 Å². The van der Waals surface area contributed by atoms with Crippen LogP contribution in [0.5, 0.6) is 0 Å². The second kappa shape index (κ2) is 6.91. The molecular formula is C11H12BrFN2O4S. The predicted molar refractivity (Wildman–Crippen MR) is 75.4 cm³/mol. The molecule has 0 saturated heterocycles. The second-order valence-electron chi connectivity index (χ2n) is 3.75. The van der Waals surface area contributed by atoms with Gasteiger partial charge in [-0.05, 0) is 29.3 Å². The highest BCUT2D eigenvalue weighted by atomic mass is 79.9. The van der Waals surface area contributed by atoms with Crippen LogP contribution in [0.1, 0.15) is 13.3 Å². The van der Waals surface area contributed by atoms with Gasteiger partial charge in [0.25, 0.3) is 5.69 Å². The van der Waals surface area contributed by atoms with Gasteiger partial charge in [0.15, 0.2) is 5.82 Å². The van der Waals surface area contributed by atoms with E-state index in [-0.39, 0.29) is 11.0 Å². The molecule has 0 radical (unpaired) electrons. The number of rotatable bonds is 6. The molecule has 1 N–H and O–H groups in total. The standard InChI is InChI=1S/C11H12BrFN2O4S/c1-2-3-4-5-14-20(18,19)10-7-8(15(16)17)6-9(12)11(10)13/h2-3,6-7,14H,4-5H2,1H3/b3-2+. The second-order valence-corrected chi connectivity index (χ2v) is 6.34. The molecule has 6 nitrogen and oxygen atoms in total. The summed E-state index contributed by atoms with van der Waals surface area (Å²) < 4.78 is 39.6. The highest BCUT2D eigenvalue weighted by Gasteiger charge is 2.24. The van der Waals surface area contributed by atoms with E-state index >= 15 is 0 Å². The molecule has 0 spiro atoms. The Balaban J connectivity index is 3.13. The fourth-order valence-corrected chi connectivity index (χ4v) is 3.12. The van der Waals surface area contributed by atoms with Crippen LogP contribution in [0.25, 0.3) is 0 Å². The Bertz CT molecular complexity index is 646. The van der Waals surface area contributed by atoms with E-state index < -0.39 is 31.3 Å². The number of nitrogens with zero attached hydrogens (tertiary/aromatic N) is 1. The lowest BCUT2D eigenvalue weighted by Gasteiger charge is -2.07. The van der Waals surface area contributed by atoms with Crippen molar-refractivity contribution in [2.75, 3.05) is 6.54 Å². The minimum Gasteiger partial charge on any atom is -0.258 e. The van der Waals surface area contributed by atoms with Gasteiger partial charge in [-0.25, -0.2) is 17.5 Å². The fourth-order valence-electron chi connectivity index (χ4n) is 1.37. The SMILES string of the molecule is C/C=C/CCNS(=O)(=O)c1cc([N+](=O)[O-])cc(Br)c1F. The molecule has 1 aromatic carbocycles. The van der Waals surface area contributed by atoms with Crippen molar-refractivity contribution in [2.24, 2.45) is 0 Å². The lowest BCUT2D eigenvalue weighted by atomic mass is 10.3. The number of non-ortho nitro benzene ring substituents is 1. The average Bonchev–Trinajstić information content (AvgIpc) is 2.37. The number of nitro groups is 1. The van der Waals surface area contributed by atoms with Gasteiger partial charge in [0, 0.05) is 18.7 Å². The van der Waals surface area contributed by atoms with Gasteiger partial charge in [0.1, 0.15) is 4.90 Å². The third-order valence-corrected chi connectivity index (χ3v) is 4.36. The lowest BCUT2D eigenvalue weighted by Crippen LogP contribution is -2.25. The van der Waals surface area contributed by atoms with Crippen LogP contribution in [0, 0.1) is 15.9 Å². The Morgan fingerprint density at radius 3 is 2.70 bits per heavy atom. The molecule has 0 aliphatic carbocycles. The van der Waals surface area contributed by atoms with Gasteiger partial charge in [0.2, 0.25) is 10.0 Å². The molecule has 0 unspecified atom stereocenters. The first-order valence-electron chi connectivity index (χ1n) is 5.54. The van der Waals surface area contributed by atoms with Crippen LogP contribution >= 0.6 is 15.9 Å². The van der Waals surface area contributed by atoms with Crippen molar-refractivity contribution < 1.29 is 17.7 Å². The highest BCUT2D eigenvalue weighted by Crippen LogP contribution is 2.28. The smallest absolute Gasteiger partial charge is 0.258 e. The number of nitrogens with one attached hydrogen (secondary N) is 1. The summed E-state index contributed by atoms with van der Waals surface area (Å²) in [7, 11) is -4.14. The largest absolute Gasteiger partial charge is 0.272 e. The summed E-state index contributed by atoms with van der Waals surface area (Å²) in [4.78, 5) is 9.14. The minimum absolute atomic E-state index is 0.0758. The van der Waals surface area contributed by atoms with Crippen molar-refractivity contribution >= 4 is 31.6 Å². The summed E-state index contributed by atoms with van der Waals surface area (Å²) in [6.07, 6.45) is 3.93. The Labute approximate surface area is 124 Å². The van der Waals surface area contributed by atoms with E-state index in [0.717, 1.165) is 6.07 Å². The zero-order valence-corrected chi connectivity index (χ0v) is 12.9. The molecule has 0 aromatic heterocycles. The average molecular weight is 367 g/mol. The van der Waals surface area contributed by atoms with Gasteiger partial charge < -0.3 is 0 Å². The Hall–Kier alpha value is -1.32. The predicted octanol–water partition coefficient (Wildman–Crippen LogP) is 2.74. The van der Waals surface area contributed by atoms with Crippen molar-refractivity contribution in [3.8, 4) is 0 Å². The summed E-state index contributed by atoms with van der Waals surface area (Å²) >= 11 is 2.77. The summed E-state index contributed by atoms with van der Waals surface area (Å²) in [5.41, 5.74) is -0.507. The Morgan fingerprint density at radius 1 is 1.50 bits per heavy atom. The molecule has 0 heterocycles.